The Labute approximate surface area is 120 Å². The van der Waals surface area contributed by atoms with E-state index in [4.69, 9.17) is 0 Å². The highest BCUT2D eigenvalue weighted by Crippen LogP contribution is 2.29. The van der Waals surface area contributed by atoms with E-state index in [2.05, 4.69) is 54.7 Å². The maximum absolute atomic E-state index is 4.53. The van der Waals surface area contributed by atoms with E-state index >= 15 is 0 Å². The second kappa shape index (κ2) is 6.19. The SMILES string of the molecule is CCC1CCCN(c2ncc(Br)cc2Br)CC1. The fourth-order valence-corrected chi connectivity index (χ4v) is 3.66. The van der Waals surface area contributed by atoms with Crippen LogP contribution in [0.1, 0.15) is 32.6 Å². The molecule has 0 aromatic carbocycles. The molecule has 1 atom stereocenters. The average molecular weight is 362 g/mol. The molecule has 2 rings (SSSR count). The molecule has 0 saturated carbocycles. The fraction of sp³-hybridized carbons (Fsp3) is 0.615. The second-order valence-corrected chi connectivity index (χ2v) is 6.42. The monoisotopic (exact) mass is 360 g/mol. The van der Waals surface area contributed by atoms with Crippen LogP contribution in [0.2, 0.25) is 0 Å². The molecule has 2 heterocycles. The van der Waals surface area contributed by atoms with Gasteiger partial charge in [-0.25, -0.2) is 4.98 Å². The summed E-state index contributed by atoms with van der Waals surface area (Å²) in [6.45, 7) is 4.56. The predicted octanol–water partition coefficient (Wildman–Crippen LogP) is 4.62. The molecule has 1 fully saturated rings. The largest absolute Gasteiger partial charge is 0.356 e. The molecule has 4 heteroatoms. The van der Waals surface area contributed by atoms with Crippen molar-refractivity contribution in [1.82, 2.24) is 4.98 Å². The van der Waals surface area contributed by atoms with Crippen LogP contribution >= 0.6 is 31.9 Å². The molecule has 0 aliphatic carbocycles. The zero-order valence-electron chi connectivity index (χ0n) is 10.1. The minimum atomic E-state index is 0.897. The lowest BCUT2D eigenvalue weighted by Crippen LogP contribution is -2.25. The summed E-state index contributed by atoms with van der Waals surface area (Å²) < 4.78 is 2.11. The van der Waals surface area contributed by atoms with Gasteiger partial charge in [0, 0.05) is 23.8 Å². The molecular formula is C13H18Br2N2. The summed E-state index contributed by atoms with van der Waals surface area (Å²) in [5, 5.41) is 0. The first kappa shape index (κ1) is 13.3. The molecule has 0 amide bonds. The minimum absolute atomic E-state index is 0.897. The topological polar surface area (TPSA) is 16.1 Å². The standard InChI is InChI=1S/C13H18Br2N2/c1-2-10-4-3-6-17(7-5-10)13-12(15)8-11(14)9-16-13/h8-10H,2-7H2,1H3. The summed E-state index contributed by atoms with van der Waals surface area (Å²) >= 11 is 7.05. The van der Waals surface area contributed by atoms with E-state index in [1.807, 2.05) is 6.20 Å². The van der Waals surface area contributed by atoms with Crippen molar-refractivity contribution in [3.05, 3.63) is 21.2 Å². The number of nitrogens with zero attached hydrogens (tertiary/aromatic N) is 2. The number of halogens is 2. The van der Waals surface area contributed by atoms with Crippen LogP contribution in [-0.4, -0.2) is 18.1 Å². The molecule has 0 radical (unpaired) electrons. The van der Waals surface area contributed by atoms with E-state index in [-0.39, 0.29) is 0 Å². The van der Waals surface area contributed by atoms with Crippen LogP contribution in [-0.2, 0) is 0 Å². The Bertz CT molecular complexity index is 382. The number of hydrogen-bond acceptors (Lipinski definition) is 2. The maximum Gasteiger partial charge on any atom is 0.142 e. The zero-order chi connectivity index (χ0) is 12.3. The molecule has 94 valence electrons. The smallest absolute Gasteiger partial charge is 0.142 e. The molecule has 1 aliphatic heterocycles. The zero-order valence-corrected chi connectivity index (χ0v) is 13.3. The van der Waals surface area contributed by atoms with Gasteiger partial charge in [-0.3, -0.25) is 0 Å². The molecule has 0 spiro atoms. The van der Waals surface area contributed by atoms with E-state index in [0.29, 0.717) is 0 Å². The number of hydrogen-bond donors (Lipinski definition) is 0. The second-order valence-electron chi connectivity index (χ2n) is 4.65. The third kappa shape index (κ3) is 3.44. The van der Waals surface area contributed by atoms with Gasteiger partial charge in [-0.05, 0) is 63.1 Å². The van der Waals surface area contributed by atoms with Crippen LogP contribution < -0.4 is 4.90 Å². The summed E-state index contributed by atoms with van der Waals surface area (Å²) in [6, 6.07) is 2.07. The van der Waals surface area contributed by atoms with Crippen molar-refractivity contribution in [3.63, 3.8) is 0 Å². The van der Waals surface area contributed by atoms with Gasteiger partial charge in [0.2, 0.25) is 0 Å². The van der Waals surface area contributed by atoms with E-state index in [1.165, 1.54) is 25.7 Å². The molecular weight excluding hydrogens is 344 g/mol. The predicted molar refractivity (Wildman–Crippen MR) is 79.5 cm³/mol. The first-order valence-corrected chi connectivity index (χ1v) is 7.85. The van der Waals surface area contributed by atoms with Crippen molar-refractivity contribution in [2.24, 2.45) is 5.92 Å². The normalized spacial score (nSPS) is 21.4. The minimum Gasteiger partial charge on any atom is -0.356 e. The Morgan fingerprint density at radius 2 is 2.18 bits per heavy atom. The molecule has 17 heavy (non-hydrogen) atoms. The summed E-state index contributed by atoms with van der Waals surface area (Å²) in [4.78, 5) is 6.94. The Hall–Kier alpha value is -0.0900. The van der Waals surface area contributed by atoms with Crippen LogP contribution in [0.5, 0.6) is 0 Å². The summed E-state index contributed by atoms with van der Waals surface area (Å²) in [5.41, 5.74) is 0. The lowest BCUT2D eigenvalue weighted by Gasteiger charge is -2.22. The van der Waals surface area contributed by atoms with Gasteiger partial charge in [-0.15, -0.1) is 0 Å². The van der Waals surface area contributed by atoms with Crippen LogP contribution in [0.4, 0.5) is 5.82 Å². The van der Waals surface area contributed by atoms with Gasteiger partial charge in [0.25, 0.3) is 0 Å². The Morgan fingerprint density at radius 1 is 1.35 bits per heavy atom. The van der Waals surface area contributed by atoms with Crippen LogP contribution in [0.3, 0.4) is 0 Å². The number of anilines is 1. The van der Waals surface area contributed by atoms with Crippen molar-refractivity contribution >= 4 is 37.7 Å². The van der Waals surface area contributed by atoms with Crippen LogP contribution in [0, 0.1) is 5.92 Å². The lowest BCUT2D eigenvalue weighted by atomic mass is 9.98. The number of aromatic nitrogens is 1. The van der Waals surface area contributed by atoms with E-state index in [9.17, 15) is 0 Å². The van der Waals surface area contributed by atoms with Gasteiger partial charge in [0.15, 0.2) is 0 Å². The van der Waals surface area contributed by atoms with Crippen LogP contribution in [0.25, 0.3) is 0 Å². The molecule has 2 nitrogen and oxygen atoms in total. The van der Waals surface area contributed by atoms with E-state index in [0.717, 1.165) is 33.8 Å². The highest BCUT2D eigenvalue weighted by atomic mass is 79.9. The molecule has 1 aromatic rings. The van der Waals surface area contributed by atoms with Crippen molar-refractivity contribution < 1.29 is 0 Å². The first-order valence-electron chi connectivity index (χ1n) is 6.26. The van der Waals surface area contributed by atoms with Gasteiger partial charge in [0.05, 0.1) is 4.47 Å². The number of rotatable bonds is 2. The molecule has 1 saturated heterocycles. The lowest BCUT2D eigenvalue weighted by molar-refractivity contribution is 0.459. The first-order chi connectivity index (χ1) is 8.20. The van der Waals surface area contributed by atoms with Crippen molar-refractivity contribution in [1.29, 1.82) is 0 Å². The van der Waals surface area contributed by atoms with Crippen molar-refractivity contribution in [2.45, 2.75) is 32.6 Å². The quantitative estimate of drug-likeness (QED) is 0.763. The van der Waals surface area contributed by atoms with Gasteiger partial charge in [0.1, 0.15) is 5.82 Å². The Kier molecular flexibility index (Phi) is 4.86. The van der Waals surface area contributed by atoms with Gasteiger partial charge in [-0.2, -0.15) is 0 Å². The fourth-order valence-electron chi connectivity index (χ4n) is 2.43. The summed E-state index contributed by atoms with van der Waals surface area (Å²) in [5.74, 6) is 1.99. The van der Waals surface area contributed by atoms with Crippen LogP contribution in [0.15, 0.2) is 21.2 Å². The summed E-state index contributed by atoms with van der Waals surface area (Å²) in [7, 11) is 0. The molecule has 1 unspecified atom stereocenters. The van der Waals surface area contributed by atoms with Crippen molar-refractivity contribution in [2.75, 3.05) is 18.0 Å². The highest BCUT2D eigenvalue weighted by molar-refractivity contribution is 9.11. The summed E-state index contributed by atoms with van der Waals surface area (Å²) in [6.07, 6.45) is 7.12. The maximum atomic E-state index is 4.53. The molecule has 0 N–H and O–H groups in total. The third-order valence-electron chi connectivity index (χ3n) is 3.51. The molecule has 1 aliphatic rings. The highest BCUT2D eigenvalue weighted by Gasteiger charge is 2.18. The van der Waals surface area contributed by atoms with Gasteiger partial charge >= 0.3 is 0 Å². The van der Waals surface area contributed by atoms with Crippen molar-refractivity contribution in [3.8, 4) is 0 Å². The third-order valence-corrected chi connectivity index (χ3v) is 4.53. The number of pyridine rings is 1. The Morgan fingerprint density at radius 3 is 2.88 bits per heavy atom. The van der Waals surface area contributed by atoms with E-state index < -0.39 is 0 Å². The van der Waals surface area contributed by atoms with E-state index in [1.54, 1.807) is 0 Å². The Balaban J connectivity index is 2.11. The van der Waals surface area contributed by atoms with Gasteiger partial charge in [-0.1, -0.05) is 13.3 Å². The van der Waals surface area contributed by atoms with Gasteiger partial charge < -0.3 is 4.90 Å². The average Bonchev–Trinajstić information content (AvgIpc) is 2.54. The molecule has 0 bridgehead atoms. The molecule has 1 aromatic heterocycles.